The molecule has 0 aliphatic heterocycles. The van der Waals surface area contributed by atoms with Gasteiger partial charge in [-0.15, -0.1) is 0 Å². The summed E-state index contributed by atoms with van der Waals surface area (Å²) in [5.74, 6) is -0.199. The predicted octanol–water partition coefficient (Wildman–Crippen LogP) is 2.36. The van der Waals surface area contributed by atoms with Crippen molar-refractivity contribution in [3.05, 3.63) is 29.8 Å². The van der Waals surface area contributed by atoms with E-state index in [9.17, 15) is 13.2 Å². The number of sulfonamides is 1. The van der Waals surface area contributed by atoms with E-state index in [4.69, 9.17) is 5.14 Å². The van der Waals surface area contributed by atoms with Crippen LogP contribution in [0.2, 0.25) is 0 Å². The lowest BCUT2D eigenvalue weighted by Gasteiger charge is -2.21. The summed E-state index contributed by atoms with van der Waals surface area (Å²) in [6, 6.07) is 5.65. The maximum atomic E-state index is 12.1. The van der Waals surface area contributed by atoms with E-state index in [1.54, 1.807) is 0 Å². The number of rotatable bonds is 12. The molecular formula is C18H31N3O3S. The van der Waals surface area contributed by atoms with Crippen LogP contribution in [0.3, 0.4) is 0 Å². The third kappa shape index (κ3) is 8.47. The third-order valence-electron chi connectivity index (χ3n) is 4.04. The standard InChI is InChI=1S/C18H31N3O3S/c1-3-5-13-21(14-6-4-2)15-7-12-20-18(22)16-8-10-17(11-9-16)25(19,23)24/h8-11H,3-7,12-15H2,1-2H3,(H,20,22)(H2,19,23,24). The Morgan fingerprint density at radius 3 is 2.00 bits per heavy atom. The van der Waals surface area contributed by atoms with Crippen molar-refractivity contribution < 1.29 is 13.2 Å². The van der Waals surface area contributed by atoms with Crippen molar-refractivity contribution in [3.63, 3.8) is 0 Å². The van der Waals surface area contributed by atoms with Gasteiger partial charge in [0.1, 0.15) is 0 Å². The van der Waals surface area contributed by atoms with Crippen molar-refractivity contribution in [2.45, 2.75) is 50.8 Å². The predicted molar refractivity (Wildman–Crippen MR) is 101 cm³/mol. The van der Waals surface area contributed by atoms with Crippen LogP contribution in [-0.4, -0.2) is 45.4 Å². The maximum absolute atomic E-state index is 12.1. The summed E-state index contributed by atoms with van der Waals surface area (Å²) in [5, 5.41) is 7.92. The van der Waals surface area contributed by atoms with Gasteiger partial charge in [0.25, 0.3) is 5.91 Å². The Kier molecular flexibility index (Phi) is 9.70. The molecule has 0 heterocycles. The third-order valence-corrected chi connectivity index (χ3v) is 4.97. The molecule has 0 aliphatic rings. The summed E-state index contributed by atoms with van der Waals surface area (Å²) in [5.41, 5.74) is 0.432. The van der Waals surface area contributed by atoms with E-state index in [1.165, 1.54) is 49.9 Å². The zero-order valence-corrected chi connectivity index (χ0v) is 16.1. The molecule has 25 heavy (non-hydrogen) atoms. The van der Waals surface area contributed by atoms with Gasteiger partial charge in [-0.3, -0.25) is 4.79 Å². The Morgan fingerprint density at radius 1 is 1.00 bits per heavy atom. The van der Waals surface area contributed by atoms with Crippen LogP contribution in [0.15, 0.2) is 29.2 Å². The Morgan fingerprint density at radius 2 is 1.52 bits per heavy atom. The molecule has 0 aromatic heterocycles. The summed E-state index contributed by atoms with van der Waals surface area (Å²) in [6.07, 6.45) is 5.68. The zero-order chi connectivity index (χ0) is 18.7. The minimum atomic E-state index is -3.73. The molecule has 0 unspecified atom stereocenters. The maximum Gasteiger partial charge on any atom is 0.251 e. The van der Waals surface area contributed by atoms with E-state index in [0.717, 1.165) is 26.1 Å². The number of hydrogen-bond acceptors (Lipinski definition) is 4. The Hall–Kier alpha value is -1.44. The number of carbonyl (C=O) groups is 1. The van der Waals surface area contributed by atoms with Crippen LogP contribution >= 0.6 is 0 Å². The summed E-state index contributed by atoms with van der Waals surface area (Å²) in [4.78, 5) is 14.6. The van der Waals surface area contributed by atoms with Gasteiger partial charge in [-0.1, -0.05) is 26.7 Å². The van der Waals surface area contributed by atoms with Crippen LogP contribution in [0.1, 0.15) is 56.3 Å². The highest BCUT2D eigenvalue weighted by atomic mass is 32.2. The molecule has 1 amide bonds. The summed E-state index contributed by atoms with van der Waals surface area (Å²) < 4.78 is 22.4. The molecule has 0 atom stereocenters. The fraction of sp³-hybridized carbons (Fsp3) is 0.611. The highest BCUT2D eigenvalue weighted by Gasteiger charge is 2.10. The summed E-state index contributed by atoms with van der Waals surface area (Å²) in [6.45, 7) is 8.19. The van der Waals surface area contributed by atoms with Crippen LogP contribution in [0, 0.1) is 0 Å². The monoisotopic (exact) mass is 369 g/mol. The van der Waals surface area contributed by atoms with Crippen molar-refractivity contribution in [1.82, 2.24) is 10.2 Å². The lowest BCUT2D eigenvalue weighted by molar-refractivity contribution is 0.0951. The topological polar surface area (TPSA) is 92.5 Å². The molecule has 0 fully saturated rings. The minimum Gasteiger partial charge on any atom is -0.352 e. The molecule has 0 aliphatic carbocycles. The average molecular weight is 370 g/mol. The smallest absolute Gasteiger partial charge is 0.251 e. The number of hydrogen-bond donors (Lipinski definition) is 2. The van der Waals surface area contributed by atoms with Crippen LogP contribution < -0.4 is 10.5 Å². The van der Waals surface area contributed by atoms with Crippen LogP contribution in [0.4, 0.5) is 0 Å². The second kappa shape index (κ2) is 11.2. The first-order chi connectivity index (χ1) is 11.9. The molecule has 6 nitrogen and oxygen atoms in total. The first kappa shape index (κ1) is 21.6. The minimum absolute atomic E-state index is 0.00606. The fourth-order valence-corrected chi connectivity index (χ4v) is 3.02. The Balaban J connectivity index is 2.40. The van der Waals surface area contributed by atoms with E-state index in [0.29, 0.717) is 12.1 Å². The molecule has 0 spiro atoms. The quantitative estimate of drug-likeness (QED) is 0.553. The highest BCUT2D eigenvalue weighted by Crippen LogP contribution is 2.08. The number of nitrogens with one attached hydrogen (secondary N) is 1. The normalized spacial score (nSPS) is 11.7. The van der Waals surface area contributed by atoms with Crippen LogP contribution in [0.5, 0.6) is 0 Å². The van der Waals surface area contributed by atoms with Gasteiger partial charge in [-0.2, -0.15) is 0 Å². The van der Waals surface area contributed by atoms with E-state index in [2.05, 4.69) is 24.1 Å². The molecule has 142 valence electrons. The van der Waals surface area contributed by atoms with Gasteiger partial charge < -0.3 is 10.2 Å². The second-order valence-electron chi connectivity index (χ2n) is 6.23. The number of amides is 1. The van der Waals surface area contributed by atoms with Crippen LogP contribution in [-0.2, 0) is 10.0 Å². The molecule has 1 aromatic carbocycles. The largest absolute Gasteiger partial charge is 0.352 e. The van der Waals surface area contributed by atoms with Crippen molar-refractivity contribution in [1.29, 1.82) is 0 Å². The number of nitrogens with two attached hydrogens (primary N) is 1. The van der Waals surface area contributed by atoms with E-state index in [1.807, 2.05) is 0 Å². The Labute approximate surface area is 151 Å². The lowest BCUT2D eigenvalue weighted by atomic mass is 10.2. The first-order valence-corrected chi connectivity index (χ1v) is 10.6. The van der Waals surface area contributed by atoms with Crippen molar-refractivity contribution in [2.75, 3.05) is 26.2 Å². The van der Waals surface area contributed by atoms with Crippen LogP contribution in [0.25, 0.3) is 0 Å². The Bertz CT molecular complexity index is 607. The molecule has 0 saturated heterocycles. The molecule has 0 bridgehead atoms. The van der Waals surface area contributed by atoms with Gasteiger partial charge >= 0.3 is 0 Å². The second-order valence-corrected chi connectivity index (χ2v) is 7.79. The van der Waals surface area contributed by atoms with Gasteiger partial charge in [0.15, 0.2) is 0 Å². The number of primary sulfonamides is 1. The number of unbranched alkanes of at least 4 members (excludes halogenated alkanes) is 2. The van der Waals surface area contributed by atoms with E-state index in [-0.39, 0.29) is 10.8 Å². The van der Waals surface area contributed by atoms with Crippen molar-refractivity contribution >= 4 is 15.9 Å². The average Bonchev–Trinajstić information content (AvgIpc) is 2.59. The fourth-order valence-electron chi connectivity index (χ4n) is 2.50. The molecule has 0 saturated carbocycles. The number of benzene rings is 1. The molecule has 1 aromatic rings. The van der Waals surface area contributed by atoms with Crippen molar-refractivity contribution in [3.8, 4) is 0 Å². The van der Waals surface area contributed by atoms with Gasteiger partial charge in [0.05, 0.1) is 4.90 Å². The SMILES string of the molecule is CCCCN(CCCC)CCCNC(=O)c1ccc(S(N)(=O)=O)cc1. The summed E-state index contributed by atoms with van der Waals surface area (Å²) >= 11 is 0. The summed E-state index contributed by atoms with van der Waals surface area (Å²) in [7, 11) is -3.73. The first-order valence-electron chi connectivity index (χ1n) is 9.02. The molecule has 3 N–H and O–H groups in total. The molecule has 0 radical (unpaired) electrons. The van der Waals surface area contributed by atoms with Crippen molar-refractivity contribution in [2.24, 2.45) is 5.14 Å². The molecule has 1 rings (SSSR count). The van der Waals surface area contributed by atoms with Gasteiger partial charge in [0, 0.05) is 12.1 Å². The molecule has 7 heteroatoms. The van der Waals surface area contributed by atoms with Gasteiger partial charge in [-0.05, 0) is 63.2 Å². The zero-order valence-electron chi connectivity index (χ0n) is 15.3. The lowest BCUT2D eigenvalue weighted by Crippen LogP contribution is -2.31. The van der Waals surface area contributed by atoms with Gasteiger partial charge in [0.2, 0.25) is 10.0 Å². The number of carbonyl (C=O) groups excluding carboxylic acids is 1. The molecular weight excluding hydrogens is 338 g/mol. The number of nitrogens with zero attached hydrogens (tertiary/aromatic N) is 1. The van der Waals surface area contributed by atoms with E-state index >= 15 is 0 Å². The van der Waals surface area contributed by atoms with Gasteiger partial charge in [-0.25, -0.2) is 13.6 Å². The van der Waals surface area contributed by atoms with E-state index < -0.39 is 10.0 Å². The highest BCUT2D eigenvalue weighted by molar-refractivity contribution is 7.89.